The van der Waals surface area contributed by atoms with Crippen LogP contribution in [0.4, 0.5) is 0 Å². The lowest BCUT2D eigenvalue weighted by molar-refractivity contribution is 0.0319. The summed E-state index contributed by atoms with van der Waals surface area (Å²) < 4.78 is 11.2. The van der Waals surface area contributed by atoms with Gasteiger partial charge in [0.15, 0.2) is 0 Å². The Labute approximate surface area is 113 Å². The van der Waals surface area contributed by atoms with Gasteiger partial charge in [0.2, 0.25) is 0 Å². The van der Waals surface area contributed by atoms with Crippen molar-refractivity contribution in [1.29, 1.82) is 0 Å². The normalized spacial score (nSPS) is 14.2. The molecule has 4 nitrogen and oxygen atoms in total. The molecule has 1 heterocycles. The monoisotopic (exact) mass is 260 g/mol. The molecule has 0 fully saturated rings. The summed E-state index contributed by atoms with van der Waals surface area (Å²) in [6, 6.07) is 13.9. The zero-order valence-electron chi connectivity index (χ0n) is 11.1. The van der Waals surface area contributed by atoms with Gasteiger partial charge in [0.1, 0.15) is 5.76 Å². The summed E-state index contributed by atoms with van der Waals surface area (Å²) >= 11 is 0. The zero-order valence-corrected chi connectivity index (χ0v) is 11.1. The molecule has 2 rings (SSSR count). The number of nitrogens with one attached hydrogen (secondary N) is 1. The molecular weight excluding hydrogens is 240 g/mol. The predicted molar refractivity (Wildman–Crippen MR) is 74.3 cm³/mol. The topological polar surface area (TPSA) is 60.4 Å². The Morgan fingerprint density at radius 2 is 2.00 bits per heavy atom. The maximum absolute atomic E-state index is 5.85. The first-order chi connectivity index (χ1) is 9.35. The average molecular weight is 260 g/mol. The summed E-state index contributed by atoms with van der Waals surface area (Å²) in [5.41, 5.74) is 3.95. The summed E-state index contributed by atoms with van der Waals surface area (Å²) in [6.07, 6.45) is 2.26. The van der Waals surface area contributed by atoms with Crippen LogP contribution in [-0.4, -0.2) is 12.6 Å². The van der Waals surface area contributed by atoms with E-state index in [4.69, 9.17) is 15.0 Å². The smallest absolute Gasteiger partial charge is 0.105 e. The Morgan fingerprint density at radius 3 is 2.58 bits per heavy atom. The largest absolute Gasteiger partial charge is 0.469 e. The van der Waals surface area contributed by atoms with Gasteiger partial charge in [-0.1, -0.05) is 30.3 Å². The van der Waals surface area contributed by atoms with Gasteiger partial charge >= 0.3 is 0 Å². The minimum absolute atomic E-state index is 0.0338. The van der Waals surface area contributed by atoms with E-state index in [2.05, 4.69) is 5.43 Å². The zero-order chi connectivity index (χ0) is 13.5. The lowest BCUT2D eigenvalue weighted by Gasteiger charge is -2.26. The number of rotatable bonds is 7. The van der Waals surface area contributed by atoms with Crippen LogP contribution < -0.4 is 11.3 Å². The van der Waals surface area contributed by atoms with Crippen molar-refractivity contribution in [3.8, 4) is 0 Å². The summed E-state index contributed by atoms with van der Waals surface area (Å²) in [6.45, 7) is 2.62. The van der Waals surface area contributed by atoms with Crippen LogP contribution >= 0.6 is 0 Å². The summed E-state index contributed by atoms with van der Waals surface area (Å²) in [7, 11) is 0. The number of furan rings is 1. The van der Waals surface area contributed by atoms with Crippen molar-refractivity contribution < 1.29 is 9.15 Å². The van der Waals surface area contributed by atoms with Crippen LogP contribution in [0.2, 0.25) is 0 Å². The molecule has 1 aromatic heterocycles. The van der Waals surface area contributed by atoms with E-state index in [1.165, 1.54) is 0 Å². The highest BCUT2D eigenvalue weighted by atomic mass is 16.5. The SMILES string of the molecule is CCOC(c1ccccc1)C(Cc1ccco1)NN. The first-order valence-electron chi connectivity index (χ1n) is 6.50. The highest BCUT2D eigenvalue weighted by Crippen LogP contribution is 2.23. The maximum atomic E-state index is 5.85. The molecule has 2 unspecified atom stereocenters. The molecule has 0 aliphatic rings. The van der Waals surface area contributed by atoms with E-state index in [1.54, 1.807) is 6.26 Å². The highest BCUT2D eigenvalue weighted by Gasteiger charge is 2.23. The van der Waals surface area contributed by atoms with Crippen LogP contribution in [-0.2, 0) is 11.2 Å². The van der Waals surface area contributed by atoms with Crippen molar-refractivity contribution in [3.63, 3.8) is 0 Å². The van der Waals surface area contributed by atoms with Gasteiger partial charge in [-0.2, -0.15) is 0 Å². The molecule has 0 saturated heterocycles. The van der Waals surface area contributed by atoms with E-state index < -0.39 is 0 Å². The van der Waals surface area contributed by atoms with E-state index >= 15 is 0 Å². The van der Waals surface area contributed by atoms with Crippen molar-refractivity contribution in [2.24, 2.45) is 5.84 Å². The van der Waals surface area contributed by atoms with E-state index in [0.29, 0.717) is 13.0 Å². The average Bonchev–Trinajstić information content (AvgIpc) is 2.96. The number of hydrazine groups is 1. The van der Waals surface area contributed by atoms with E-state index in [9.17, 15) is 0 Å². The van der Waals surface area contributed by atoms with Crippen LogP contribution in [0.5, 0.6) is 0 Å². The minimum atomic E-state index is -0.0960. The van der Waals surface area contributed by atoms with E-state index in [-0.39, 0.29) is 12.1 Å². The highest BCUT2D eigenvalue weighted by molar-refractivity contribution is 5.20. The summed E-state index contributed by atoms with van der Waals surface area (Å²) in [5.74, 6) is 6.58. The third kappa shape index (κ3) is 3.67. The fraction of sp³-hybridized carbons (Fsp3) is 0.333. The Kier molecular flexibility index (Phi) is 5.15. The second-order valence-electron chi connectivity index (χ2n) is 4.34. The van der Waals surface area contributed by atoms with Crippen LogP contribution in [0.15, 0.2) is 53.1 Å². The first kappa shape index (κ1) is 13.8. The molecule has 2 atom stereocenters. The van der Waals surface area contributed by atoms with E-state index in [1.807, 2.05) is 49.4 Å². The molecule has 4 heteroatoms. The Morgan fingerprint density at radius 1 is 1.21 bits per heavy atom. The molecule has 102 valence electrons. The number of ether oxygens (including phenoxy) is 1. The van der Waals surface area contributed by atoms with Crippen molar-refractivity contribution in [3.05, 3.63) is 60.1 Å². The Balaban J connectivity index is 2.16. The number of hydrogen-bond acceptors (Lipinski definition) is 4. The molecule has 0 amide bonds. The van der Waals surface area contributed by atoms with Crippen LogP contribution in [0.1, 0.15) is 24.4 Å². The Bertz CT molecular complexity index is 456. The van der Waals surface area contributed by atoms with Gasteiger partial charge in [-0.25, -0.2) is 0 Å². The predicted octanol–water partition coefficient (Wildman–Crippen LogP) is 2.43. The van der Waals surface area contributed by atoms with E-state index in [0.717, 1.165) is 11.3 Å². The molecule has 1 aromatic carbocycles. The van der Waals surface area contributed by atoms with Gasteiger partial charge < -0.3 is 9.15 Å². The maximum Gasteiger partial charge on any atom is 0.105 e. The minimum Gasteiger partial charge on any atom is -0.469 e. The van der Waals surface area contributed by atoms with Gasteiger partial charge in [0.25, 0.3) is 0 Å². The third-order valence-corrected chi connectivity index (χ3v) is 3.06. The van der Waals surface area contributed by atoms with Crippen molar-refractivity contribution in [2.45, 2.75) is 25.5 Å². The molecule has 0 aliphatic heterocycles. The third-order valence-electron chi connectivity index (χ3n) is 3.06. The fourth-order valence-electron chi connectivity index (χ4n) is 2.17. The molecule has 0 aliphatic carbocycles. The second kappa shape index (κ2) is 7.09. The molecule has 0 saturated carbocycles. The molecular formula is C15H20N2O2. The van der Waals surface area contributed by atoms with Crippen LogP contribution in [0.25, 0.3) is 0 Å². The lowest BCUT2D eigenvalue weighted by atomic mass is 9.99. The number of benzene rings is 1. The van der Waals surface area contributed by atoms with Gasteiger partial charge in [0.05, 0.1) is 18.4 Å². The van der Waals surface area contributed by atoms with Crippen LogP contribution in [0, 0.1) is 0 Å². The summed E-state index contributed by atoms with van der Waals surface area (Å²) in [5, 5.41) is 0. The molecule has 0 bridgehead atoms. The quantitative estimate of drug-likeness (QED) is 0.593. The van der Waals surface area contributed by atoms with Gasteiger partial charge in [-0.3, -0.25) is 11.3 Å². The summed E-state index contributed by atoms with van der Waals surface area (Å²) in [4.78, 5) is 0. The molecule has 2 aromatic rings. The molecule has 3 N–H and O–H groups in total. The number of hydrogen-bond donors (Lipinski definition) is 2. The van der Waals surface area contributed by atoms with Crippen molar-refractivity contribution >= 4 is 0 Å². The molecule has 0 spiro atoms. The second-order valence-corrected chi connectivity index (χ2v) is 4.34. The molecule has 19 heavy (non-hydrogen) atoms. The first-order valence-corrected chi connectivity index (χ1v) is 6.50. The van der Waals surface area contributed by atoms with Gasteiger partial charge in [-0.15, -0.1) is 0 Å². The lowest BCUT2D eigenvalue weighted by Crippen LogP contribution is -2.42. The van der Waals surface area contributed by atoms with Gasteiger partial charge in [0, 0.05) is 13.0 Å². The molecule has 0 radical (unpaired) electrons. The number of nitrogens with two attached hydrogens (primary N) is 1. The van der Waals surface area contributed by atoms with Crippen LogP contribution in [0.3, 0.4) is 0 Å². The fourth-order valence-corrected chi connectivity index (χ4v) is 2.17. The van der Waals surface area contributed by atoms with Crippen molar-refractivity contribution in [1.82, 2.24) is 5.43 Å². The van der Waals surface area contributed by atoms with Crippen molar-refractivity contribution in [2.75, 3.05) is 6.61 Å². The standard InChI is InChI=1S/C15H20N2O2/c1-2-18-15(12-7-4-3-5-8-12)14(17-16)11-13-9-6-10-19-13/h3-10,14-15,17H,2,11,16H2,1H3. The van der Waals surface area contributed by atoms with Gasteiger partial charge in [-0.05, 0) is 24.6 Å². The Hall–Kier alpha value is -1.62.